The largest absolute Gasteiger partial charge is 0.312 e. The monoisotopic (exact) mass is 330 g/mol. The van der Waals surface area contributed by atoms with Gasteiger partial charge in [0.1, 0.15) is 0 Å². The second-order valence-electron chi connectivity index (χ2n) is 5.75. The van der Waals surface area contributed by atoms with Crippen LogP contribution in [0.5, 0.6) is 0 Å². The number of aryl methyl sites for hydroxylation is 1. The van der Waals surface area contributed by atoms with E-state index in [0.717, 1.165) is 29.3 Å². The maximum absolute atomic E-state index is 12.4. The van der Waals surface area contributed by atoms with Gasteiger partial charge in [0.2, 0.25) is 10.0 Å². The highest BCUT2D eigenvalue weighted by Crippen LogP contribution is 2.28. The normalized spacial score (nSPS) is 16.7. The summed E-state index contributed by atoms with van der Waals surface area (Å²) in [6, 6.07) is 1.81. The van der Waals surface area contributed by atoms with Crippen LogP contribution >= 0.6 is 11.3 Å². The average Bonchev–Trinajstić information content (AvgIpc) is 3.06. The van der Waals surface area contributed by atoms with E-state index in [9.17, 15) is 8.42 Å². The molecule has 1 aliphatic rings. The molecule has 2 N–H and O–H groups in total. The molecule has 0 atom stereocenters. The molecule has 6 heteroatoms. The second-order valence-corrected chi connectivity index (χ2v) is 8.83. The van der Waals surface area contributed by atoms with E-state index < -0.39 is 10.0 Å². The summed E-state index contributed by atoms with van der Waals surface area (Å²) in [6.45, 7) is 6.11. The maximum Gasteiger partial charge on any atom is 0.241 e. The van der Waals surface area contributed by atoms with Crippen molar-refractivity contribution in [3.63, 3.8) is 0 Å². The third-order valence-corrected chi connectivity index (χ3v) is 6.85. The summed E-state index contributed by atoms with van der Waals surface area (Å²) < 4.78 is 27.5. The van der Waals surface area contributed by atoms with Crippen LogP contribution in [0.3, 0.4) is 0 Å². The molecule has 1 heterocycles. The van der Waals surface area contributed by atoms with E-state index >= 15 is 0 Å². The van der Waals surface area contributed by atoms with Crippen molar-refractivity contribution < 1.29 is 8.42 Å². The highest BCUT2D eigenvalue weighted by atomic mass is 32.2. The van der Waals surface area contributed by atoms with E-state index in [-0.39, 0.29) is 0 Å². The Kier molecular flexibility index (Phi) is 6.22. The third-order valence-electron chi connectivity index (χ3n) is 4.08. The van der Waals surface area contributed by atoms with Gasteiger partial charge in [-0.15, -0.1) is 11.3 Å². The van der Waals surface area contributed by atoms with Crippen LogP contribution in [0, 0.1) is 12.8 Å². The van der Waals surface area contributed by atoms with Crippen LogP contribution < -0.4 is 10.0 Å². The predicted octanol–water partition coefficient (Wildman–Crippen LogP) is 3.02. The number of hydrogen-bond acceptors (Lipinski definition) is 4. The minimum absolute atomic E-state index is 0.451. The van der Waals surface area contributed by atoms with Crippen molar-refractivity contribution in [1.29, 1.82) is 0 Å². The van der Waals surface area contributed by atoms with E-state index in [1.807, 2.05) is 13.8 Å². The van der Waals surface area contributed by atoms with Gasteiger partial charge in [0.25, 0.3) is 0 Å². The van der Waals surface area contributed by atoms with Crippen molar-refractivity contribution in [2.75, 3.05) is 13.1 Å². The highest BCUT2D eigenvalue weighted by molar-refractivity contribution is 7.89. The Bertz CT molecular complexity index is 546. The molecule has 1 aromatic rings. The van der Waals surface area contributed by atoms with Crippen LogP contribution in [0.4, 0.5) is 0 Å². The smallest absolute Gasteiger partial charge is 0.241 e. The molecule has 4 nitrogen and oxygen atoms in total. The molecule has 1 saturated carbocycles. The summed E-state index contributed by atoms with van der Waals surface area (Å²) in [4.78, 5) is 2.40. The molecular weight excluding hydrogens is 304 g/mol. The van der Waals surface area contributed by atoms with E-state index in [4.69, 9.17) is 0 Å². The molecule has 0 aliphatic heterocycles. The van der Waals surface area contributed by atoms with Gasteiger partial charge in [-0.25, -0.2) is 13.1 Å². The number of nitrogens with one attached hydrogen (secondary N) is 2. The van der Waals surface area contributed by atoms with Crippen molar-refractivity contribution in [2.45, 2.75) is 57.4 Å². The standard InChI is InChI=1S/C15H26N2O2S2/c1-3-16-11-14-10-15(12(2)20-14)21(18,19)17-9-8-13-6-4-5-7-13/h10,13,16-17H,3-9,11H2,1-2H3. The minimum Gasteiger partial charge on any atom is -0.312 e. The molecule has 1 aromatic heterocycles. The van der Waals surface area contributed by atoms with E-state index in [1.165, 1.54) is 25.7 Å². The van der Waals surface area contributed by atoms with Gasteiger partial charge in [-0.1, -0.05) is 32.6 Å². The maximum atomic E-state index is 12.4. The van der Waals surface area contributed by atoms with Crippen molar-refractivity contribution in [1.82, 2.24) is 10.0 Å². The molecule has 21 heavy (non-hydrogen) atoms. The first kappa shape index (κ1) is 16.9. The second kappa shape index (κ2) is 7.72. The Morgan fingerprint density at radius 1 is 1.33 bits per heavy atom. The fraction of sp³-hybridized carbons (Fsp3) is 0.733. The molecule has 0 saturated heterocycles. The SMILES string of the molecule is CCNCc1cc(S(=O)(=O)NCCC2CCCC2)c(C)s1. The summed E-state index contributed by atoms with van der Waals surface area (Å²) in [7, 11) is -3.35. The van der Waals surface area contributed by atoms with Crippen LogP contribution in [0.2, 0.25) is 0 Å². The van der Waals surface area contributed by atoms with Gasteiger partial charge in [-0.2, -0.15) is 0 Å². The Morgan fingerprint density at radius 3 is 2.71 bits per heavy atom. The Balaban J connectivity index is 1.93. The zero-order valence-electron chi connectivity index (χ0n) is 12.9. The summed E-state index contributed by atoms with van der Waals surface area (Å²) in [5.41, 5.74) is 0. The number of thiophene rings is 1. The van der Waals surface area contributed by atoms with Crippen LogP contribution in [0.1, 0.15) is 48.8 Å². The first-order valence-corrected chi connectivity index (χ1v) is 10.1. The van der Waals surface area contributed by atoms with Crippen LogP contribution in [-0.2, 0) is 16.6 Å². The lowest BCUT2D eigenvalue weighted by Crippen LogP contribution is -2.26. The molecule has 0 aromatic carbocycles. The minimum atomic E-state index is -3.35. The molecule has 0 bridgehead atoms. The Hall–Kier alpha value is -0.430. The molecule has 1 fully saturated rings. The molecule has 2 rings (SSSR count). The van der Waals surface area contributed by atoms with E-state index in [2.05, 4.69) is 10.0 Å². The van der Waals surface area contributed by atoms with Crippen LogP contribution in [-0.4, -0.2) is 21.5 Å². The zero-order valence-corrected chi connectivity index (χ0v) is 14.6. The average molecular weight is 331 g/mol. The zero-order chi connectivity index (χ0) is 15.3. The molecule has 120 valence electrons. The van der Waals surface area contributed by atoms with Gasteiger partial charge < -0.3 is 5.32 Å². The number of rotatable bonds is 8. The molecule has 0 unspecified atom stereocenters. The predicted molar refractivity (Wildman–Crippen MR) is 88.2 cm³/mol. The van der Waals surface area contributed by atoms with Gasteiger partial charge in [-0.05, 0) is 31.9 Å². The lowest BCUT2D eigenvalue weighted by atomic mass is 10.1. The first-order valence-electron chi connectivity index (χ1n) is 7.82. The summed E-state index contributed by atoms with van der Waals surface area (Å²) >= 11 is 1.56. The molecule has 1 aliphatic carbocycles. The fourth-order valence-corrected chi connectivity index (χ4v) is 5.55. The quantitative estimate of drug-likeness (QED) is 0.770. The fourth-order valence-electron chi connectivity index (χ4n) is 2.90. The highest BCUT2D eigenvalue weighted by Gasteiger charge is 2.21. The van der Waals surface area contributed by atoms with E-state index in [0.29, 0.717) is 17.4 Å². The summed E-state index contributed by atoms with van der Waals surface area (Å²) in [5.74, 6) is 0.709. The van der Waals surface area contributed by atoms with Crippen LogP contribution in [0.25, 0.3) is 0 Å². The third kappa shape index (κ3) is 4.77. The topological polar surface area (TPSA) is 58.2 Å². The van der Waals surface area contributed by atoms with E-state index in [1.54, 1.807) is 17.4 Å². The lowest BCUT2D eigenvalue weighted by molar-refractivity contribution is 0.495. The summed E-state index contributed by atoms with van der Waals surface area (Å²) in [5, 5.41) is 3.23. The molecular formula is C15H26N2O2S2. The van der Waals surface area contributed by atoms with Gasteiger partial charge >= 0.3 is 0 Å². The van der Waals surface area contributed by atoms with Crippen molar-refractivity contribution >= 4 is 21.4 Å². The molecule has 0 amide bonds. The lowest BCUT2D eigenvalue weighted by Gasteiger charge is -2.10. The molecule has 0 radical (unpaired) electrons. The summed E-state index contributed by atoms with van der Waals surface area (Å²) in [6.07, 6.45) is 6.08. The van der Waals surface area contributed by atoms with Gasteiger partial charge in [-0.3, -0.25) is 0 Å². The number of sulfonamides is 1. The first-order chi connectivity index (χ1) is 10.0. The van der Waals surface area contributed by atoms with Crippen molar-refractivity contribution in [3.8, 4) is 0 Å². The molecule has 0 spiro atoms. The van der Waals surface area contributed by atoms with Gasteiger partial charge in [0.15, 0.2) is 0 Å². The van der Waals surface area contributed by atoms with Crippen molar-refractivity contribution in [2.24, 2.45) is 5.92 Å². The Morgan fingerprint density at radius 2 is 2.05 bits per heavy atom. The van der Waals surface area contributed by atoms with Gasteiger partial charge in [0.05, 0.1) is 4.90 Å². The number of hydrogen-bond donors (Lipinski definition) is 2. The van der Waals surface area contributed by atoms with Gasteiger partial charge in [0, 0.05) is 22.8 Å². The van der Waals surface area contributed by atoms with Crippen molar-refractivity contribution in [3.05, 3.63) is 15.8 Å². The van der Waals surface area contributed by atoms with Crippen LogP contribution in [0.15, 0.2) is 11.0 Å². The Labute approximate surface area is 132 Å².